The summed E-state index contributed by atoms with van der Waals surface area (Å²) in [5.41, 5.74) is 4.36. The van der Waals surface area contributed by atoms with Crippen molar-refractivity contribution in [1.29, 1.82) is 0 Å². The van der Waals surface area contributed by atoms with Gasteiger partial charge in [0.25, 0.3) is 5.91 Å². The molecule has 2 aromatic carbocycles. The van der Waals surface area contributed by atoms with E-state index >= 15 is 0 Å². The maximum atomic E-state index is 12.4. The van der Waals surface area contributed by atoms with Crippen LogP contribution >= 0.6 is 0 Å². The molecule has 3 rings (SSSR count). The highest BCUT2D eigenvalue weighted by atomic mass is 32.2. The van der Waals surface area contributed by atoms with Gasteiger partial charge in [0.05, 0.1) is 12.9 Å². The maximum absolute atomic E-state index is 12.4. The number of amides is 1. The molecule has 7 nitrogen and oxygen atoms in total. The molecule has 144 valence electrons. The number of carbonyl (C=O) groups is 1. The molecule has 2 aromatic rings. The topological polar surface area (TPSA) is 95.9 Å². The van der Waals surface area contributed by atoms with Crippen LogP contribution in [0.1, 0.15) is 18.4 Å². The Balaban J connectivity index is 1.80. The van der Waals surface area contributed by atoms with Crippen LogP contribution in [0.15, 0.2) is 48.5 Å². The van der Waals surface area contributed by atoms with Crippen molar-refractivity contribution in [2.75, 3.05) is 12.9 Å². The fraction of sp³-hybridized carbons (Fsp3) is 0.316. The van der Waals surface area contributed by atoms with Gasteiger partial charge in [0.15, 0.2) is 0 Å². The highest BCUT2D eigenvalue weighted by Crippen LogP contribution is 2.26. The van der Waals surface area contributed by atoms with Crippen molar-refractivity contribution in [1.82, 2.24) is 9.79 Å². The molecule has 1 aliphatic heterocycles. The summed E-state index contributed by atoms with van der Waals surface area (Å²) in [6.07, 6.45) is 0.781. The molecule has 0 spiro atoms. The predicted molar refractivity (Wildman–Crippen MR) is 101 cm³/mol. The quantitative estimate of drug-likeness (QED) is 0.603. The van der Waals surface area contributed by atoms with Gasteiger partial charge in [0.1, 0.15) is 11.8 Å². The zero-order valence-corrected chi connectivity index (χ0v) is 15.8. The SMILES string of the molecule is COc1ccc(-c2ccc(CN3[C@H](C(=O)NO)CCCS3(=O)=O)cc2)cc1. The van der Waals surface area contributed by atoms with Crippen molar-refractivity contribution in [3.63, 3.8) is 0 Å². The maximum Gasteiger partial charge on any atom is 0.261 e. The van der Waals surface area contributed by atoms with Crippen molar-refractivity contribution in [2.45, 2.75) is 25.4 Å². The van der Waals surface area contributed by atoms with Crippen molar-refractivity contribution in [2.24, 2.45) is 0 Å². The van der Waals surface area contributed by atoms with Gasteiger partial charge in [-0.1, -0.05) is 36.4 Å². The Bertz CT molecular complexity index is 895. The summed E-state index contributed by atoms with van der Waals surface area (Å²) < 4.78 is 31.2. The van der Waals surface area contributed by atoms with Crippen LogP contribution in [-0.4, -0.2) is 42.7 Å². The third kappa shape index (κ3) is 4.29. The van der Waals surface area contributed by atoms with Crippen LogP contribution in [0.3, 0.4) is 0 Å². The van der Waals surface area contributed by atoms with Crippen molar-refractivity contribution in [3.05, 3.63) is 54.1 Å². The number of benzene rings is 2. The molecule has 0 bridgehead atoms. The number of sulfonamides is 1. The Labute approximate surface area is 158 Å². The second-order valence-corrected chi connectivity index (χ2v) is 8.46. The number of rotatable bonds is 5. The Morgan fingerprint density at radius 1 is 1.15 bits per heavy atom. The lowest BCUT2D eigenvalue weighted by Gasteiger charge is -2.33. The lowest BCUT2D eigenvalue weighted by molar-refractivity contribution is -0.133. The summed E-state index contributed by atoms with van der Waals surface area (Å²) in [5.74, 6) is 0.0820. The average Bonchev–Trinajstić information content (AvgIpc) is 2.69. The van der Waals surface area contributed by atoms with Gasteiger partial charge in [-0.3, -0.25) is 10.0 Å². The van der Waals surface area contributed by atoms with Gasteiger partial charge in [-0.2, -0.15) is 4.31 Å². The molecule has 1 heterocycles. The highest BCUT2D eigenvalue weighted by molar-refractivity contribution is 7.89. The number of methoxy groups -OCH3 is 1. The Morgan fingerprint density at radius 3 is 2.30 bits per heavy atom. The highest BCUT2D eigenvalue weighted by Gasteiger charge is 2.38. The molecule has 27 heavy (non-hydrogen) atoms. The number of hydrogen-bond donors (Lipinski definition) is 2. The van der Waals surface area contributed by atoms with E-state index in [2.05, 4.69) is 0 Å². The number of ether oxygens (including phenoxy) is 1. The molecule has 0 aromatic heterocycles. The summed E-state index contributed by atoms with van der Waals surface area (Å²) in [4.78, 5) is 11.9. The number of hydrogen-bond acceptors (Lipinski definition) is 5. The first-order valence-corrected chi connectivity index (χ1v) is 10.2. The molecular weight excluding hydrogens is 368 g/mol. The van der Waals surface area contributed by atoms with Crippen LogP contribution in [0.25, 0.3) is 11.1 Å². The largest absolute Gasteiger partial charge is 0.497 e. The van der Waals surface area contributed by atoms with Crippen molar-refractivity contribution < 1.29 is 23.2 Å². The molecule has 1 amide bonds. The molecule has 2 N–H and O–H groups in total. The summed E-state index contributed by atoms with van der Waals surface area (Å²) in [6, 6.07) is 14.3. The standard InChI is InChI=1S/C19H22N2O5S/c1-26-17-10-8-16(9-11-17)15-6-4-14(5-7-15)13-21-18(19(22)20-23)3-2-12-27(21,24)25/h4-11,18,23H,2-3,12-13H2,1H3,(H,20,22)/t18-/m0/s1. The van der Waals surface area contributed by atoms with E-state index in [1.54, 1.807) is 12.6 Å². The number of nitrogens with zero attached hydrogens (tertiary/aromatic N) is 1. The molecule has 0 unspecified atom stereocenters. The molecule has 0 saturated carbocycles. The van der Waals surface area contributed by atoms with Gasteiger partial charge in [-0.05, 0) is 41.7 Å². The number of nitrogens with one attached hydrogen (secondary N) is 1. The van der Waals surface area contributed by atoms with E-state index in [-0.39, 0.29) is 12.3 Å². The zero-order chi connectivity index (χ0) is 19.4. The summed E-state index contributed by atoms with van der Waals surface area (Å²) >= 11 is 0. The Kier molecular flexibility index (Phi) is 5.79. The monoisotopic (exact) mass is 390 g/mol. The molecule has 0 radical (unpaired) electrons. The molecule has 0 aliphatic carbocycles. The minimum Gasteiger partial charge on any atom is -0.497 e. The average molecular weight is 390 g/mol. The van der Waals surface area contributed by atoms with Gasteiger partial charge in [-0.25, -0.2) is 13.9 Å². The van der Waals surface area contributed by atoms with Gasteiger partial charge < -0.3 is 4.74 Å². The normalized spacial score (nSPS) is 19.4. The van der Waals surface area contributed by atoms with E-state index in [9.17, 15) is 13.2 Å². The van der Waals surface area contributed by atoms with E-state index in [4.69, 9.17) is 9.94 Å². The van der Waals surface area contributed by atoms with Gasteiger partial charge >= 0.3 is 0 Å². The number of hydroxylamine groups is 1. The van der Waals surface area contributed by atoms with Crippen molar-refractivity contribution >= 4 is 15.9 Å². The first-order valence-electron chi connectivity index (χ1n) is 8.61. The van der Waals surface area contributed by atoms with Crippen LogP contribution in [0.4, 0.5) is 0 Å². The minimum atomic E-state index is -3.55. The van der Waals surface area contributed by atoms with E-state index in [1.807, 2.05) is 48.5 Å². The third-order valence-corrected chi connectivity index (χ3v) is 6.62. The van der Waals surface area contributed by atoms with Gasteiger partial charge in [0.2, 0.25) is 10.0 Å². The van der Waals surface area contributed by atoms with E-state index in [0.717, 1.165) is 22.4 Å². The smallest absolute Gasteiger partial charge is 0.261 e. The first kappa shape index (κ1) is 19.3. The lowest BCUT2D eigenvalue weighted by atomic mass is 10.0. The van der Waals surface area contributed by atoms with E-state index in [0.29, 0.717) is 12.8 Å². The second-order valence-electron chi connectivity index (χ2n) is 6.42. The van der Waals surface area contributed by atoms with Crippen LogP contribution in [0.2, 0.25) is 0 Å². The first-order chi connectivity index (χ1) is 12.9. The minimum absolute atomic E-state index is 0.00609. The number of carbonyl (C=O) groups excluding carboxylic acids is 1. The van der Waals surface area contributed by atoms with Crippen LogP contribution in [-0.2, 0) is 21.4 Å². The zero-order valence-electron chi connectivity index (χ0n) is 15.0. The summed E-state index contributed by atoms with van der Waals surface area (Å²) in [7, 11) is -1.93. The lowest BCUT2D eigenvalue weighted by Crippen LogP contribution is -2.51. The summed E-state index contributed by atoms with van der Waals surface area (Å²) in [6.45, 7) is 0.0866. The fourth-order valence-corrected chi connectivity index (χ4v) is 4.93. The molecule has 8 heteroatoms. The second kappa shape index (κ2) is 8.08. The van der Waals surface area contributed by atoms with Gasteiger partial charge in [0, 0.05) is 6.54 Å². The van der Waals surface area contributed by atoms with Crippen LogP contribution in [0, 0.1) is 0 Å². The Hall–Kier alpha value is -2.42. The van der Waals surface area contributed by atoms with E-state index < -0.39 is 22.0 Å². The molecule has 1 saturated heterocycles. The van der Waals surface area contributed by atoms with Crippen molar-refractivity contribution in [3.8, 4) is 16.9 Å². The predicted octanol–water partition coefficient (Wildman–Crippen LogP) is 2.16. The fourth-order valence-electron chi connectivity index (χ4n) is 3.23. The van der Waals surface area contributed by atoms with Crippen LogP contribution < -0.4 is 10.2 Å². The Morgan fingerprint density at radius 2 is 1.74 bits per heavy atom. The van der Waals surface area contributed by atoms with E-state index in [1.165, 1.54) is 4.31 Å². The van der Waals surface area contributed by atoms with Gasteiger partial charge in [-0.15, -0.1) is 0 Å². The summed E-state index contributed by atoms with van der Waals surface area (Å²) in [5, 5.41) is 8.91. The molecule has 1 aliphatic rings. The van der Waals surface area contributed by atoms with Crippen LogP contribution in [0.5, 0.6) is 5.75 Å². The third-order valence-electron chi connectivity index (χ3n) is 4.71. The molecule has 1 atom stereocenters. The molecule has 1 fully saturated rings. The molecular formula is C19H22N2O5S.